The molecule has 11 aromatic carbocycles. The minimum absolute atomic E-state index is 0.0302. The third-order valence-corrected chi connectivity index (χ3v) is 14.0. The van der Waals surface area contributed by atoms with Crippen molar-refractivity contribution in [3.05, 3.63) is 267 Å². The molecule has 0 unspecified atom stereocenters. The van der Waals surface area contributed by atoms with Crippen molar-refractivity contribution < 1.29 is 11.0 Å². The summed E-state index contributed by atoms with van der Waals surface area (Å²) in [6, 6.07) is 72.9. The summed E-state index contributed by atoms with van der Waals surface area (Å²) in [5.41, 5.74) is 17.8. The maximum Gasteiger partial charge on any atom is 0.252 e. The van der Waals surface area contributed by atoms with E-state index >= 15 is 0 Å². The Morgan fingerprint density at radius 1 is 0.300 bits per heavy atom. The molecule has 12 aromatic rings. The Balaban J connectivity index is 1.11. The molecule has 70 heavy (non-hydrogen) atoms. The van der Waals surface area contributed by atoms with E-state index < -0.39 is 24.2 Å². The zero-order chi connectivity index (χ0) is 53.1. The van der Waals surface area contributed by atoms with Crippen molar-refractivity contribution in [3.8, 4) is 50.2 Å². The second-order valence-electron chi connectivity index (χ2n) is 17.9. The number of hydrogen-bond acceptors (Lipinski definition) is 2. The number of anilines is 6. The van der Waals surface area contributed by atoms with E-state index in [1.165, 1.54) is 0 Å². The normalized spacial score (nSPS) is 14.1. The molecule has 4 heteroatoms. The molecule has 0 radical (unpaired) electrons. The van der Waals surface area contributed by atoms with Crippen LogP contribution < -0.4 is 26.2 Å². The summed E-state index contributed by atoms with van der Waals surface area (Å²) in [5, 5.41) is 0.0604. The highest BCUT2D eigenvalue weighted by Crippen LogP contribution is 2.48. The van der Waals surface area contributed by atoms with Crippen LogP contribution in [0.2, 0.25) is 0 Å². The topological polar surface area (TPSA) is 11.4 Å². The number of rotatable bonds is 7. The van der Waals surface area contributed by atoms with Crippen LogP contribution in [0.15, 0.2) is 267 Å². The van der Waals surface area contributed by atoms with Crippen molar-refractivity contribution in [1.82, 2.24) is 4.57 Å². The van der Waals surface area contributed by atoms with E-state index in [0.29, 0.717) is 5.69 Å². The molecule has 2 aliphatic rings. The molecule has 0 saturated carbocycles. The zero-order valence-electron chi connectivity index (χ0n) is 45.7. The van der Waals surface area contributed by atoms with Gasteiger partial charge < -0.3 is 14.4 Å². The van der Waals surface area contributed by atoms with E-state index in [1.807, 2.05) is 48.5 Å². The van der Waals surface area contributed by atoms with Crippen LogP contribution in [0, 0.1) is 0 Å². The van der Waals surface area contributed by atoms with Gasteiger partial charge in [-0.2, -0.15) is 0 Å². The molecule has 3 heterocycles. The van der Waals surface area contributed by atoms with Crippen molar-refractivity contribution in [2.24, 2.45) is 0 Å². The summed E-state index contributed by atoms with van der Waals surface area (Å²) >= 11 is 0. The van der Waals surface area contributed by atoms with E-state index in [0.717, 1.165) is 95.0 Å². The number of benzene rings is 11. The zero-order valence-corrected chi connectivity index (χ0v) is 37.7. The largest absolute Gasteiger partial charge is 0.311 e. The molecular weight excluding hydrogens is 846 g/mol. The summed E-state index contributed by atoms with van der Waals surface area (Å²) in [7, 11) is 0. The third-order valence-electron chi connectivity index (χ3n) is 14.0. The molecule has 326 valence electrons. The number of aromatic nitrogens is 1. The maximum absolute atomic E-state index is 9.43. The molecule has 3 nitrogen and oxygen atoms in total. The number of nitrogens with zero attached hydrogens (tertiary/aromatic N) is 3. The van der Waals surface area contributed by atoms with E-state index in [4.69, 9.17) is 5.48 Å². The molecule has 0 fully saturated rings. The van der Waals surface area contributed by atoms with Crippen LogP contribution in [0.25, 0.3) is 72.0 Å². The molecule has 0 atom stereocenters. The van der Waals surface area contributed by atoms with Gasteiger partial charge in [-0.1, -0.05) is 200 Å². The fourth-order valence-corrected chi connectivity index (χ4v) is 10.9. The highest BCUT2D eigenvalue weighted by Gasteiger charge is 2.44. The maximum atomic E-state index is 9.43. The quantitative estimate of drug-likeness (QED) is 0.148. The molecule has 0 saturated heterocycles. The molecule has 0 bridgehead atoms. The molecule has 1 aromatic heterocycles. The SMILES string of the molecule is [2H]c1c([2H])c([2H])c2c(c1[2H])c1c([2H])c([2H])c([2H])c([2H])c1n2-c1ccc2c(c1)N(c1ccc(-c3ccccc3)cc1)c1cc(-c3ccccc3)cc3c1B2c1cc(-c2ccccc2)ccc1N3c1cccc(-c2ccccc2)c1. The summed E-state index contributed by atoms with van der Waals surface area (Å²) in [6.07, 6.45) is 0. The van der Waals surface area contributed by atoms with Crippen LogP contribution in [0.5, 0.6) is 0 Å². The molecule has 0 amide bonds. The van der Waals surface area contributed by atoms with Crippen LogP contribution in [-0.4, -0.2) is 11.3 Å². The van der Waals surface area contributed by atoms with E-state index in [2.05, 4.69) is 180 Å². The number of para-hydroxylation sites is 2. The van der Waals surface area contributed by atoms with Crippen LogP contribution in [0.3, 0.4) is 0 Å². The Labute approximate surface area is 419 Å². The van der Waals surface area contributed by atoms with Gasteiger partial charge in [-0.3, -0.25) is 0 Å². The standard InChI is InChI=1S/C66H44BN3/c1-5-18-45(19-6-1)49-32-35-53(36-33-49)68-63-44-55(69-60-30-15-13-28-56(60)57-29-14-16-31-61(57)69)37-38-58(63)67-59-41-51(47-22-9-3-10-23-47)34-39-62(59)70(54-27-17-26-50(40-54)46-20-7-2-8-21-46)65-43-52(42-64(68)66(65)67)48-24-11-4-12-25-48/h1-44H/i13D,14D,15D,16D,28D,29D,30D,31D. The van der Waals surface area contributed by atoms with Crippen molar-refractivity contribution >= 4 is 79.0 Å². The van der Waals surface area contributed by atoms with Crippen LogP contribution in [-0.2, 0) is 0 Å². The molecule has 2 aliphatic heterocycles. The lowest BCUT2D eigenvalue weighted by molar-refractivity contribution is 1.17. The smallest absolute Gasteiger partial charge is 0.252 e. The van der Waals surface area contributed by atoms with E-state index in [1.54, 1.807) is 4.57 Å². The van der Waals surface area contributed by atoms with Crippen molar-refractivity contribution in [2.45, 2.75) is 0 Å². The van der Waals surface area contributed by atoms with Crippen molar-refractivity contribution in [1.29, 1.82) is 0 Å². The van der Waals surface area contributed by atoms with E-state index in [-0.39, 0.29) is 52.7 Å². The Morgan fingerprint density at radius 3 is 1.37 bits per heavy atom. The average molecular weight is 898 g/mol. The average Bonchev–Trinajstić information content (AvgIpc) is 3.49. The molecule has 0 spiro atoms. The lowest BCUT2D eigenvalue weighted by Gasteiger charge is -2.44. The van der Waals surface area contributed by atoms with Crippen LogP contribution in [0.1, 0.15) is 11.0 Å². The molecular formula is C66H44BN3. The van der Waals surface area contributed by atoms with Gasteiger partial charge in [0.25, 0.3) is 6.71 Å². The van der Waals surface area contributed by atoms with Crippen molar-refractivity contribution in [2.75, 3.05) is 9.80 Å². The molecule has 14 rings (SSSR count). The van der Waals surface area contributed by atoms with Gasteiger partial charge in [0.15, 0.2) is 0 Å². The van der Waals surface area contributed by atoms with Gasteiger partial charge >= 0.3 is 0 Å². The van der Waals surface area contributed by atoms with Gasteiger partial charge in [0, 0.05) is 50.6 Å². The van der Waals surface area contributed by atoms with Gasteiger partial charge in [-0.05, 0) is 128 Å². The predicted octanol–water partition coefficient (Wildman–Crippen LogP) is 15.5. The Morgan fingerprint density at radius 2 is 0.771 bits per heavy atom. The first kappa shape index (κ1) is 32.6. The predicted molar refractivity (Wildman–Crippen MR) is 297 cm³/mol. The summed E-state index contributed by atoms with van der Waals surface area (Å²) in [6.45, 7) is -0.344. The third kappa shape index (κ3) is 6.45. The first-order valence-electron chi connectivity index (χ1n) is 27.5. The highest BCUT2D eigenvalue weighted by atomic mass is 15.2. The molecule has 0 aliphatic carbocycles. The number of fused-ring (bicyclic) bond motifs is 7. The Bertz CT molecular complexity index is 4340. The second kappa shape index (κ2) is 16.3. The van der Waals surface area contributed by atoms with Crippen LogP contribution >= 0.6 is 0 Å². The first-order valence-corrected chi connectivity index (χ1v) is 23.5. The lowest BCUT2D eigenvalue weighted by Crippen LogP contribution is -2.61. The summed E-state index contributed by atoms with van der Waals surface area (Å²) < 4.78 is 74.2. The minimum Gasteiger partial charge on any atom is -0.311 e. The Hall–Kier alpha value is -9.12. The van der Waals surface area contributed by atoms with Gasteiger partial charge in [0.2, 0.25) is 0 Å². The molecule has 0 N–H and O–H groups in total. The summed E-state index contributed by atoms with van der Waals surface area (Å²) in [4.78, 5) is 4.70. The Kier molecular flexibility index (Phi) is 7.58. The van der Waals surface area contributed by atoms with E-state index in [9.17, 15) is 5.48 Å². The first-order chi connectivity index (χ1) is 38.0. The van der Waals surface area contributed by atoms with Crippen molar-refractivity contribution in [3.63, 3.8) is 0 Å². The van der Waals surface area contributed by atoms with Gasteiger partial charge in [0.1, 0.15) is 0 Å². The van der Waals surface area contributed by atoms with Gasteiger partial charge in [-0.15, -0.1) is 0 Å². The minimum atomic E-state index is -0.483. The lowest BCUT2D eigenvalue weighted by atomic mass is 9.33. The summed E-state index contributed by atoms with van der Waals surface area (Å²) in [5.74, 6) is 0. The van der Waals surface area contributed by atoms with Crippen LogP contribution in [0.4, 0.5) is 34.1 Å². The number of hydrogen-bond donors (Lipinski definition) is 0. The second-order valence-corrected chi connectivity index (χ2v) is 17.9. The van der Waals surface area contributed by atoms with Gasteiger partial charge in [-0.25, -0.2) is 0 Å². The fourth-order valence-electron chi connectivity index (χ4n) is 10.9. The van der Waals surface area contributed by atoms with Gasteiger partial charge in [0.05, 0.1) is 22.0 Å². The monoisotopic (exact) mass is 897 g/mol. The highest BCUT2D eigenvalue weighted by molar-refractivity contribution is 7.00. The fraction of sp³-hybridized carbons (Fsp3) is 0.